The molecule has 1 aliphatic carbocycles. The zero-order chi connectivity index (χ0) is 22.9. The Kier molecular flexibility index (Phi) is 11.8. The van der Waals surface area contributed by atoms with Crippen molar-refractivity contribution in [2.24, 2.45) is 5.92 Å². The molecule has 182 valence electrons. The first-order valence-electron chi connectivity index (χ1n) is 11.7. The van der Waals surface area contributed by atoms with Gasteiger partial charge in [-0.1, -0.05) is 0 Å². The van der Waals surface area contributed by atoms with Gasteiger partial charge in [0.15, 0.2) is 0 Å². The maximum Gasteiger partial charge on any atom is -1.00 e. The summed E-state index contributed by atoms with van der Waals surface area (Å²) in [6.07, 6.45) is 8.71. The Morgan fingerprint density at radius 1 is 0.743 bits per heavy atom. The van der Waals surface area contributed by atoms with Crippen molar-refractivity contribution in [3.63, 3.8) is 0 Å². The largest absolute Gasteiger partial charge is 1.00 e. The summed E-state index contributed by atoms with van der Waals surface area (Å²) in [5.74, 6) is 0.576. The summed E-state index contributed by atoms with van der Waals surface area (Å²) in [6, 6.07) is 27.9. The summed E-state index contributed by atoms with van der Waals surface area (Å²) < 4.78 is -0.0544. The number of hydrogen-bond donors (Lipinski definition) is 0. The van der Waals surface area contributed by atoms with Crippen molar-refractivity contribution in [2.45, 2.75) is 44.4 Å². The molecule has 0 aliphatic heterocycles. The average molecular weight is 576 g/mol. The molecule has 0 saturated heterocycles. The molecule has 2 unspecified atom stereocenters. The van der Waals surface area contributed by atoms with Crippen LogP contribution in [-0.2, 0) is 20.4 Å². The first-order valence-corrected chi connectivity index (χ1v) is 14.5. The summed E-state index contributed by atoms with van der Waals surface area (Å²) in [4.78, 5) is 0. The maximum absolute atomic E-state index is 2.61. The second kappa shape index (κ2) is 13.0. The fraction of sp³-hybridized carbons (Fsp3) is 0.267. The van der Waals surface area contributed by atoms with E-state index in [2.05, 4.69) is 146 Å². The van der Waals surface area contributed by atoms with E-state index in [9.17, 15) is 0 Å². The molecule has 3 aromatic rings. The van der Waals surface area contributed by atoms with Gasteiger partial charge < -0.3 is 37.2 Å². The van der Waals surface area contributed by atoms with E-state index in [-0.39, 0.29) is 40.6 Å². The van der Waals surface area contributed by atoms with Crippen LogP contribution < -0.4 is 52.8 Å². The zero-order valence-corrected chi connectivity index (χ0v) is 25.9. The molecule has 3 aromatic carbocycles. The van der Waals surface area contributed by atoms with Crippen molar-refractivity contribution in [3.05, 3.63) is 113 Å². The zero-order valence-electron chi connectivity index (χ0n) is 21.1. The molecule has 0 bridgehead atoms. The molecule has 0 saturated carbocycles. The number of rotatable bonds is 6. The molecule has 5 heteroatoms. The quantitative estimate of drug-likeness (QED) is 0.216. The van der Waals surface area contributed by atoms with Crippen LogP contribution in [0.3, 0.4) is 0 Å². The van der Waals surface area contributed by atoms with Crippen LogP contribution in [-0.4, -0.2) is 8.07 Å². The fourth-order valence-corrected chi connectivity index (χ4v) is 13.2. The standard InChI is InChI=1S/C30H33Si.3ClH.Ti/c1-6-25(5)26-16-17-30(21-26)31(27-13-7-10-22(2)18-27,28-14-8-11-23(3)19-28)29-15-9-12-24(4)20-29;;;;/h7-21,25H,6H2,1-5H3;3*1H;/q;;;;+3/p-3. The summed E-state index contributed by atoms with van der Waals surface area (Å²) >= 11 is 2.48. The van der Waals surface area contributed by atoms with Crippen molar-refractivity contribution in [2.75, 3.05) is 0 Å². The van der Waals surface area contributed by atoms with Gasteiger partial charge in [-0.05, 0) is 0 Å². The van der Waals surface area contributed by atoms with Crippen molar-refractivity contribution in [3.8, 4) is 0 Å². The molecule has 0 spiro atoms. The summed E-state index contributed by atoms with van der Waals surface area (Å²) in [5.41, 5.74) is 5.48. The molecule has 2 atom stereocenters. The van der Waals surface area contributed by atoms with E-state index in [1.165, 1.54) is 44.2 Å². The van der Waals surface area contributed by atoms with Gasteiger partial charge in [0.2, 0.25) is 0 Å². The Balaban J connectivity index is 0.00000204. The summed E-state index contributed by atoms with van der Waals surface area (Å²) in [5, 5.41) is 4.47. The monoisotopic (exact) mass is 574 g/mol. The number of halogens is 3. The molecule has 0 radical (unpaired) electrons. The maximum atomic E-state index is 2.61. The predicted molar refractivity (Wildman–Crippen MR) is 138 cm³/mol. The topological polar surface area (TPSA) is 0 Å². The van der Waals surface area contributed by atoms with Crippen LogP contribution in [0, 0.1) is 26.7 Å². The van der Waals surface area contributed by atoms with Gasteiger partial charge in [0.25, 0.3) is 0 Å². The molecule has 35 heavy (non-hydrogen) atoms. The van der Waals surface area contributed by atoms with Gasteiger partial charge in [-0.15, -0.1) is 0 Å². The van der Waals surface area contributed by atoms with Crippen LogP contribution in [0.25, 0.3) is 0 Å². The SMILES string of the molecule is CCC(C)C1=C[C]([Ti+3])([Si](c2cccc(C)c2)(c2cccc(C)c2)c2cccc(C)c2)C=C1.[Cl-].[Cl-].[Cl-]. The Hall–Kier alpha value is -1.06. The Labute approximate surface area is 243 Å². The van der Waals surface area contributed by atoms with E-state index in [0.29, 0.717) is 5.92 Å². The normalized spacial score (nSPS) is 17.5. The van der Waals surface area contributed by atoms with E-state index in [0.717, 1.165) is 0 Å². The van der Waals surface area contributed by atoms with E-state index in [4.69, 9.17) is 0 Å². The van der Waals surface area contributed by atoms with Crippen LogP contribution in [0.5, 0.6) is 0 Å². The van der Waals surface area contributed by atoms with Gasteiger partial charge >= 0.3 is 208 Å². The Bertz CT molecular complexity index is 1090. The van der Waals surface area contributed by atoms with Crippen molar-refractivity contribution >= 4 is 23.6 Å². The third kappa shape index (κ3) is 5.93. The van der Waals surface area contributed by atoms with Gasteiger partial charge in [0, 0.05) is 0 Å². The van der Waals surface area contributed by atoms with Gasteiger partial charge in [-0.3, -0.25) is 0 Å². The van der Waals surface area contributed by atoms with Crippen LogP contribution in [0.1, 0.15) is 37.0 Å². The number of hydrogen-bond acceptors (Lipinski definition) is 0. The molecule has 0 amide bonds. The number of aryl methyl sites for hydroxylation is 3. The van der Waals surface area contributed by atoms with Crippen LogP contribution in [0.2, 0.25) is 3.34 Å². The van der Waals surface area contributed by atoms with E-state index in [1.54, 1.807) is 0 Å². The average Bonchev–Trinajstić information content (AvgIpc) is 3.17. The fourth-order valence-electron chi connectivity index (χ4n) is 5.21. The van der Waals surface area contributed by atoms with Crippen molar-refractivity contribution in [1.29, 1.82) is 0 Å². The molecule has 0 nitrogen and oxygen atoms in total. The van der Waals surface area contributed by atoms with Crippen LogP contribution in [0.15, 0.2) is 96.6 Å². The van der Waals surface area contributed by atoms with E-state index >= 15 is 0 Å². The molecular weight excluding hydrogens is 543 g/mol. The molecular formula is C30H33Cl3SiTi. The predicted octanol–water partition coefficient (Wildman–Crippen LogP) is -3.12. The summed E-state index contributed by atoms with van der Waals surface area (Å²) in [7, 11) is -2.47. The van der Waals surface area contributed by atoms with Gasteiger partial charge in [0.05, 0.1) is 0 Å². The van der Waals surface area contributed by atoms with Gasteiger partial charge in [-0.2, -0.15) is 0 Å². The van der Waals surface area contributed by atoms with Gasteiger partial charge in [0.1, 0.15) is 0 Å². The second-order valence-corrected chi connectivity index (χ2v) is 15.6. The Morgan fingerprint density at radius 2 is 1.14 bits per heavy atom. The van der Waals surface area contributed by atoms with Crippen molar-refractivity contribution < 1.29 is 57.7 Å². The van der Waals surface area contributed by atoms with E-state index in [1.807, 2.05) is 0 Å². The first kappa shape index (κ1) is 32.0. The minimum Gasteiger partial charge on any atom is -1.00 e. The smallest absolute Gasteiger partial charge is 1.00 e. The third-order valence-electron chi connectivity index (χ3n) is 7.09. The second-order valence-electron chi connectivity index (χ2n) is 9.51. The molecule has 0 fully saturated rings. The van der Waals surface area contributed by atoms with Gasteiger partial charge in [-0.25, -0.2) is 0 Å². The van der Waals surface area contributed by atoms with Crippen molar-refractivity contribution in [1.82, 2.24) is 0 Å². The Morgan fingerprint density at radius 3 is 1.49 bits per heavy atom. The number of benzene rings is 3. The molecule has 4 rings (SSSR count). The molecule has 0 N–H and O–H groups in total. The first-order chi connectivity index (χ1) is 15.3. The molecule has 0 aromatic heterocycles. The minimum atomic E-state index is -2.47. The van der Waals surface area contributed by atoms with E-state index < -0.39 is 8.07 Å². The van der Waals surface area contributed by atoms with Crippen LogP contribution in [0.4, 0.5) is 0 Å². The molecule has 0 heterocycles. The van der Waals surface area contributed by atoms with Crippen LogP contribution >= 0.6 is 0 Å². The number of allylic oxidation sites excluding steroid dienone is 4. The third-order valence-corrected chi connectivity index (χ3v) is 14.4. The molecule has 1 aliphatic rings. The summed E-state index contributed by atoms with van der Waals surface area (Å²) in [6.45, 7) is 11.3. The minimum absolute atomic E-state index is 0.